The van der Waals surface area contributed by atoms with Crippen LogP contribution in [0.2, 0.25) is 0 Å². The molecule has 0 radical (unpaired) electrons. The van der Waals surface area contributed by atoms with E-state index in [1.54, 1.807) is 0 Å². The van der Waals surface area contributed by atoms with Crippen molar-refractivity contribution in [1.29, 1.82) is 0 Å². The van der Waals surface area contributed by atoms with Gasteiger partial charge in [0.25, 0.3) is 0 Å². The van der Waals surface area contributed by atoms with Gasteiger partial charge in [-0.2, -0.15) is 0 Å². The summed E-state index contributed by atoms with van der Waals surface area (Å²) < 4.78 is 0. The monoisotopic (exact) mass is 274 g/mol. The average molecular weight is 274 g/mol. The van der Waals surface area contributed by atoms with Crippen LogP contribution >= 0.6 is 0 Å². The summed E-state index contributed by atoms with van der Waals surface area (Å²) in [5.74, 6) is 0. The normalized spacial score (nSPS) is 18.2. The Labute approximate surface area is 124 Å². The lowest BCUT2D eigenvalue weighted by molar-refractivity contribution is 0.174. The van der Waals surface area contributed by atoms with Crippen molar-refractivity contribution < 1.29 is 0 Å². The van der Waals surface area contributed by atoms with Gasteiger partial charge in [-0.15, -0.1) is 0 Å². The molecule has 0 aromatic heterocycles. The lowest BCUT2D eigenvalue weighted by Gasteiger charge is -2.35. The second-order valence-electron chi connectivity index (χ2n) is 6.17. The van der Waals surface area contributed by atoms with Gasteiger partial charge in [-0.1, -0.05) is 32.8 Å². The van der Waals surface area contributed by atoms with Gasteiger partial charge in [-0.05, 0) is 68.5 Å². The molecule has 1 aliphatic rings. The molecule has 2 heteroatoms. The Balaban J connectivity index is 2.03. The number of benzene rings is 1. The van der Waals surface area contributed by atoms with E-state index in [2.05, 4.69) is 30.9 Å². The second-order valence-corrected chi connectivity index (χ2v) is 6.17. The zero-order valence-corrected chi connectivity index (χ0v) is 13.2. The molecule has 0 aliphatic heterocycles. The van der Waals surface area contributed by atoms with Crippen LogP contribution in [0.5, 0.6) is 0 Å². The number of nitrogens with zero attached hydrogens (tertiary/aromatic N) is 1. The molecule has 2 N–H and O–H groups in total. The molecule has 1 aromatic carbocycles. The van der Waals surface area contributed by atoms with Crippen LogP contribution in [0.1, 0.15) is 57.1 Å². The summed E-state index contributed by atoms with van der Waals surface area (Å²) >= 11 is 0. The standard InChI is InChI=1S/C18H30N2/c1-3-5-11-20(12-6-4-2)18-10-8-15-7-9-17(19)13-16(15)14-18/h7,9,13,18H,3-6,8,10-12,14,19H2,1-2H3. The van der Waals surface area contributed by atoms with E-state index < -0.39 is 0 Å². The molecule has 0 fully saturated rings. The van der Waals surface area contributed by atoms with Crippen molar-refractivity contribution in [2.75, 3.05) is 18.8 Å². The zero-order valence-electron chi connectivity index (χ0n) is 13.2. The Morgan fingerprint density at radius 3 is 2.45 bits per heavy atom. The Morgan fingerprint density at radius 1 is 1.10 bits per heavy atom. The maximum atomic E-state index is 5.95. The van der Waals surface area contributed by atoms with Crippen molar-refractivity contribution in [3.05, 3.63) is 29.3 Å². The Morgan fingerprint density at radius 2 is 1.80 bits per heavy atom. The summed E-state index contributed by atoms with van der Waals surface area (Å²) in [5, 5.41) is 0. The van der Waals surface area contributed by atoms with E-state index in [4.69, 9.17) is 5.73 Å². The highest BCUT2D eigenvalue weighted by molar-refractivity contribution is 5.46. The fourth-order valence-electron chi connectivity index (χ4n) is 3.27. The highest BCUT2D eigenvalue weighted by Crippen LogP contribution is 2.26. The molecule has 1 unspecified atom stereocenters. The van der Waals surface area contributed by atoms with Crippen LogP contribution in [-0.2, 0) is 12.8 Å². The number of hydrogen-bond donors (Lipinski definition) is 1. The van der Waals surface area contributed by atoms with Gasteiger partial charge >= 0.3 is 0 Å². The van der Waals surface area contributed by atoms with Crippen LogP contribution in [0.3, 0.4) is 0 Å². The quantitative estimate of drug-likeness (QED) is 0.761. The lowest BCUT2D eigenvalue weighted by atomic mass is 9.87. The van der Waals surface area contributed by atoms with Crippen LogP contribution in [-0.4, -0.2) is 24.0 Å². The van der Waals surface area contributed by atoms with E-state index in [0.717, 1.165) is 11.7 Å². The molecular formula is C18H30N2. The number of nitrogen functional groups attached to an aromatic ring is 1. The maximum Gasteiger partial charge on any atom is 0.0316 e. The molecule has 0 heterocycles. The van der Waals surface area contributed by atoms with Crippen LogP contribution in [0.25, 0.3) is 0 Å². The van der Waals surface area contributed by atoms with Crippen molar-refractivity contribution >= 4 is 5.69 Å². The number of aryl methyl sites for hydroxylation is 1. The van der Waals surface area contributed by atoms with E-state index in [1.807, 2.05) is 6.07 Å². The maximum absolute atomic E-state index is 5.95. The smallest absolute Gasteiger partial charge is 0.0316 e. The lowest BCUT2D eigenvalue weighted by Crippen LogP contribution is -2.40. The Bertz CT molecular complexity index is 406. The minimum absolute atomic E-state index is 0.724. The summed E-state index contributed by atoms with van der Waals surface area (Å²) in [6.45, 7) is 7.10. The molecule has 20 heavy (non-hydrogen) atoms. The first-order valence-electron chi connectivity index (χ1n) is 8.36. The molecule has 2 nitrogen and oxygen atoms in total. The molecule has 0 spiro atoms. The first-order chi connectivity index (χ1) is 9.74. The molecule has 0 bridgehead atoms. The molecule has 0 saturated heterocycles. The van der Waals surface area contributed by atoms with Gasteiger partial charge in [-0.25, -0.2) is 0 Å². The largest absolute Gasteiger partial charge is 0.399 e. The van der Waals surface area contributed by atoms with E-state index in [-0.39, 0.29) is 0 Å². The third-order valence-electron chi connectivity index (χ3n) is 4.55. The van der Waals surface area contributed by atoms with Crippen molar-refractivity contribution in [1.82, 2.24) is 4.90 Å². The van der Waals surface area contributed by atoms with E-state index in [0.29, 0.717) is 0 Å². The van der Waals surface area contributed by atoms with Gasteiger partial charge in [0.05, 0.1) is 0 Å². The molecule has 2 rings (SSSR count). The van der Waals surface area contributed by atoms with Crippen molar-refractivity contribution in [2.45, 2.75) is 64.8 Å². The van der Waals surface area contributed by atoms with Crippen molar-refractivity contribution in [2.24, 2.45) is 0 Å². The number of hydrogen-bond acceptors (Lipinski definition) is 2. The van der Waals surface area contributed by atoms with Crippen LogP contribution in [0.4, 0.5) is 5.69 Å². The number of fused-ring (bicyclic) bond motifs is 1. The van der Waals surface area contributed by atoms with Crippen LogP contribution in [0, 0.1) is 0 Å². The van der Waals surface area contributed by atoms with Gasteiger partial charge in [0.2, 0.25) is 0 Å². The van der Waals surface area contributed by atoms with Gasteiger partial charge < -0.3 is 10.6 Å². The number of rotatable bonds is 7. The zero-order chi connectivity index (χ0) is 14.4. The van der Waals surface area contributed by atoms with Crippen LogP contribution in [0.15, 0.2) is 18.2 Å². The first-order valence-corrected chi connectivity index (χ1v) is 8.36. The van der Waals surface area contributed by atoms with E-state index >= 15 is 0 Å². The topological polar surface area (TPSA) is 29.3 Å². The van der Waals surface area contributed by atoms with E-state index in [9.17, 15) is 0 Å². The van der Waals surface area contributed by atoms with E-state index in [1.165, 1.54) is 69.2 Å². The molecule has 112 valence electrons. The highest BCUT2D eigenvalue weighted by Gasteiger charge is 2.23. The van der Waals surface area contributed by atoms with Gasteiger partial charge in [0, 0.05) is 11.7 Å². The summed E-state index contributed by atoms with van der Waals surface area (Å²) in [4.78, 5) is 2.74. The average Bonchev–Trinajstić information content (AvgIpc) is 2.46. The minimum atomic E-state index is 0.724. The fraction of sp³-hybridized carbons (Fsp3) is 0.667. The number of nitrogens with two attached hydrogens (primary N) is 1. The van der Waals surface area contributed by atoms with Gasteiger partial charge in [0.1, 0.15) is 0 Å². The third kappa shape index (κ3) is 3.99. The van der Waals surface area contributed by atoms with Crippen molar-refractivity contribution in [3.63, 3.8) is 0 Å². The predicted molar refractivity (Wildman–Crippen MR) is 88.1 cm³/mol. The first kappa shape index (κ1) is 15.4. The van der Waals surface area contributed by atoms with Gasteiger partial charge in [-0.3, -0.25) is 0 Å². The second kappa shape index (κ2) is 7.68. The number of anilines is 1. The molecule has 1 aromatic rings. The van der Waals surface area contributed by atoms with Crippen LogP contribution < -0.4 is 5.73 Å². The third-order valence-corrected chi connectivity index (χ3v) is 4.55. The molecule has 1 atom stereocenters. The SMILES string of the molecule is CCCCN(CCCC)C1CCc2ccc(N)cc2C1. The highest BCUT2D eigenvalue weighted by atomic mass is 15.1. The Hall–Kier alpha value is -1.02. The molecular weight excluding hydrogens is 244 g/mol. The molecule has 0 saturated carbocycles. The Kier molecular flexibility index (Phi) is 5.90. The summed E-state index contributed by atoms with van der Waals surface area (Å²) in [7, 11) is 0. The van der Waals surface area contributed by atoms with Gasteiger partial charge in [0.15, 0.2) is 0 Å². The summed E-state index contributed by atoms with van der Waals surface area (Å²) in [5.41, 5.74) is 9.87. The summed E-state index contributed by atoms with van der Waals surface area (Å²) in [6.07, 6.45) is 8.94. The van der Waals surface area contributed by atoms with Crippen molar-refractivity contribution in [3.8, 4) is 0 Å². The molecule has 1 aliphatic carbocycles. The predicted octanol–water partition coefficient (Wildman–Crippen LogP) is 4.03. The fourth-order valence-corrected chi connectivity index (χ4v) is 3.27. The summed E-state index contributed by atoms with van der Waals surface area (Å²) in [6, 6.07) is 7.19. The molecule has 0 amide bonds. The minimum Gasteiger partial charge on any atom is -0.399 e. The number of unbranched alkanes of at least 4 members (excludes halogenated alkanes) is 2.